The largest absolute Gasteiger partial charge is 0.341 e. The Morgan fingerprint density at radius 3 is 1.86 bits per heavy atom. The zero-order valence-electron chi connectivity index (χ0n) is 16.1. The third-order valence-electron chi connectivity index (χ3n) is 5.85. The number of nitrogens with zero attached hydrogens (tertiary/aromatic N) is 1. The molecular formula is C22H26N4O2. The number of hydrogen-bond acceptors (Lipinski definition) is 3. The van der Waals surface area contributed by atoms with E-state index in [-0.39, 0.29) is 17.9 Å². The van der Waals surface area contributed by atoms with Crippen molar-refractivity contribution in [3.05, 3.63) is 48.5 Å². The maximum atomic E-state index is 12.7. The van der Waals surface area contributed by atoms with E-state index in [1.165, 1.54) is 0 Å². The van der Waals surface area contributed by atoms with Crippen molar-refractivity contribution in [2.45, 2.75) is 12.8 Å². The average molecular weight is 378 g/mol. The normalized spacial score (nSPS) is 23.1. The number of carbonyl (C=O) groups excluding carboxylic acids is 2. The van der Waals surface area contributed by atoms with Crippen LogP contribution >= 0.6 is 0 Å². The highest BCUT2D eigenvalue weighted by atomic mass is 16.2. The maximum Gasteiger partial charge on any atom is 0.318 e. The molecule has 3 fully saturated rings. The van der Waals surface area contributed by atoms with Crippen molar-refractivity contribution in [1.82, 2.24) is 10.2 Å². The molecule has 5 rings (SSSR count). The predicted molar refractivity (Wildman–Crippen MR) is 111 cm³/mol. The minimum atomic E-state index is -0.240. The summed E-state index contributed by atoms with van der Waals surface area (Å²) in [7, 11) is 1.58. The molecule has 2 aromatic rings. The number of rotatable bonds is 4. The third-order valence-corrected chi connectivity index (χ3v) is 5.85. The molecule has 0 aromatic heterocycles. The first-order valence-corrected chi connectivity index (χ1v) is 9.85. The van der Waals surface area contributed by atoms with Crippen LogP contribution in [-0.2, 0) is 4.79 Å². The van der Waals surface area contributed by atoms with Gasteiger partial charge in [0.05, 0.1) is 5.92 Å². The summed E-state index contributed by atoms with van der Waals surface area (Å²) in [4.78, 5) is 26.4. The van der Waals surface area contributed by atoms with E-state index in [0.717, 1.165) is 55.0 Å². The molecule has 6 nitrogen and oxygen atoms in total. The van der Waals surface area contributed by atoms with Crippen LogP contribution in [0.25, 0.3) is 11.1 Å². The lowest BCUT2D eigenvalue weighted by molar-refractivity contribution is -0.125. The molecule has 3 amide bonds. The zero-order chi connectivity index (χ0) is 19.5. The minimum Gasteiger partial charge on any atom is -0.341 e. The number of urea groups is 1. The quantitative estimate of drug-likeness (QED) is 0.764. The number of benzene rings is 2. The molecule has 0 radical (unpaired) electrons. The second-order valence-corrected chi connectivity index (χ2v) is 7.59. The molecule has 3 aliphatic heterocycles. The Hall–Kier alpha value is -2.86. The van der Waals surface area contributed by atoms with Crippen LogP contribution in [-0.4, -0.2) is 43.5 Å². The van der Waals surface area contributed by atoms with Crippen LogP contribution in [0.2, 0.25) is 0 Å². The summed E-state index contributed by atoms with van der Waals surface area (Å²) < 4.78 is 0. The molecule has 3 saturated heterocycles. The molecule has 0 aliphatic carbocycles. The summed E-state index contributed by atoms with van der Waals surface area (Å²) in [6, 6.07) is 15.3. The van der Waals surface area contributed by atoms with E-state index in [9.17, 15) is 9.59 Å². The maximum absolute atomic E-state index is 12.7. The number of anilines is 2. The number of carbonyl (C=O) groups is 2. The van der Waals surface area contributed by atoms with Crippen LogP contribution in [0.15, 0.2) is 48.5 Å². The van der Waals surface area contributed by atoms with Gasteiger partial charge in [-0.25, -0.2) is 4.79 Å². The van der Waals surface area contributed by atoms with Crippen molar-refractivity contribution in [3.8, 4) is 11.1 Å². The highest BCUT2D eigenvalue weighted by Gasteiger charge is 2.38. The van der Waals surface area contributed by atoms with Crippen molar-refractivity contribution in [3.63, 3.8) is 0 Å². The fourth-order valence-electron chi connectivity index (χ4n) is 4.18. The SMILES string of the molecule is CNC(=O)Nc1ccc(-c2ccc(NC(=O)C3CN4CCC3CC4)cc2)cc1. The molecule has 2 bridgehead atoms. The van der Waals surface area contributed by atoms with Gasteiger partial charge in [-0.1, -0.05) is 24.3 Å². The number of fused-ring (bicyclic) bond motifs is 3. The van der Waals surface area contributed by atoms with Gasteiger partial charge in [-0.2, -0.15) is 0 Å². The first-order valence-electron chi connectivity index (χ1n) is 9.85. The number of amides is 3. The van der Waals surface area contributed by atoms with Crippen LogP contribution in [0.3, 0.4) is 0 Å². The van der Waals surface area contributed by atoms with Crippen molar-refractivity contribution < 1.29 is 9.59 Å². The van der Waals surface area contributed by atoms with E-state index in [1.807, 2.05) is 48.5 Å². The Bertz CT molecular complexity index is 840. The molecule has 1 unspecified atom stereocenters. The molecule has 3 N–H and O–H groups in total. The average Bonchev–Trinajstić information content (AvgIpc) is 2.75. The second-order valence-electron chi connectivity index (χ2n) is 7.59. The van der Waals surface area contributed by atoms with Gasteiger partial charge in [0.1, 0.15) is 0 Å². The van der Waals surface area contributed by atoms with Crippen LogP contribution in [0.5, 0.6) is 0 Å². The van der Waals surface area contributed by atoms with Gasteiger partial charge in [-0.15, -0.1) is 0 Å². The fourth-order valence-corrected chi connectivity index (χ4v) is 4.18. The molecule has 1 atom stereocenters. The van der Waals surface area contributed by atoms with E-state index >= 15 is 0 Å². The second kappa shape index (κ2) is 8.02. The molecule has 28 heavy (non-hydrogen) atoms. The molecule has 6 heteroatoms. The predicted octanol–water partition coefficient (Wildman–Crippen LogP) is 3.39. The number of nitrogens with one attached hydrogen (secondary N) is 3. The topological polar surface area (TPSA) is 73.5 Å². The lowest BCUT2D eigenvalue weighted by Crippen LogP contribution is -2.51. The van der Waals surface area contributed by atoms with E-state index in [4.69, 9.17) is 0 Å². The van der Waals surface area contributed by atoms with Gasteiger partial charge in [0.25, 0.3) is 0 Å². The smallest absolute Gasteiger partial charge is 0.318 e. The summed E-state index contributed by atoms with van der Waals surface area (Å²) in [5.74, 6) is 0.792. The van der Waals surface area contributed by atoms with Crippen LogP contribution < -0.4 is 16.0 Å². The van der Waals surface area contributed by atoms with E-state index < -0.39 is 0 Å². The Balaban J connectivity index is 1.38. The van der Waals surface area contributed by atoms with E-state index in [0.29, 0.717) is 5.92 Å². The summed E-state index contributed by atoms with van der Waals surface area (Å²) in [5.41, 5.74) is 3.69. The van der Waals surface area contributed by atoms with Gasteiger partial charge in [0.15, 0.2) is 0 Å². The van der Waals surface area contributed by atoms with Crippen LogP contribution in [0.4, 0.5) is 16.2 Å². The number of piperidine rings is 3. The molecule has 3 aliphatic rings. The first-order chi connectivity index (χ1) is 13.6. The zero-order valence-corrected chi connectivity index (χ0v) is 16.1. The standard InChI is InChI=1S/C22H26N4O2/c1-23-22(28)25-19-8-4-16(5-9-19)15-2-6-18(7-3-15)24-21(27)20-14-26-12-10-17(20)11-13-26/h2-9,17,20H,10-14H2,1H3,(H,24,27)(H2,23,25,28). The van der Waals surface area contributed by atoms with E-state index in [1.54, 1.807) is 7.05 Å². The molecule has 0 saturated carbocycles. The highest BCUT2D eigenvalue weighted by molar-refractivity contribution is 5.93. The minimum absolute atomic E-state index is 0.113. The monoisotopic (exact) mass is 378 g/mol. The fraction of sp³-hybridized carbons (Fsp3) is 0.364. The Labute approximate surface area is 165 Å². The van der Waals surface area contributed by atoms with Crippen molar-refractivity contribution in [2.24, 2.45) is 11.8 Å². The van der Waals surface area contributed by atoms with Crippen molar-refractivity contribution in [1.29, 1.82) is 0 Å². The molecule has 2 aromatic carbocycles. The third kappa shape index (κ3) is 4.02. The Morgan fingerprint density at radius 2 is 1.39 bits per heavy atom. The number of hydrogen-bond donors (Lipinski definition) is 3. The Morgan fingerprint density at radius 1 is 0.857 bits per heavy atom. The lowest BCUT2D eigenvalue weighted by Gasteiger charge is -2.43. The molecular weight excluding hydrogens is 352 g/mol. The van der Waals surface area contributed by atoms with Gasteiger partial charge >= 0.3 is 6.03 Å². The summed E-state index contributed by atoms with van der Waals surface area (Å²) >= 11 is 0. The lowest BCUT2D eigenvalue weighted by atomic mass is 9.78. The highest BCUT2D eigenvalue weighted by Crippen LogP contribution is 2.33. The molecule has 0 spiro atoms. The van der Waals surface area contributed by atoms with E-state index in [2.05, 4.69) is 20.9 Å². The summed E-state index contributed by atoms with van der Waals surface area (Å²) in [6.07, 6.45) is 2.28. The van der Waals surface area contributed by atoms with Gasteiger partial charge < -0.3 is 20.9 Å². The van der Waals surface area contributed by atoms with Crippen molar-refractivity contribution in [2.75, 3.05) is 37.3 Å². The van der Waals surface area contributed by atoms with Gasteiger partial charge in [-0.05, 0) is 67.2 Å². The molecule has 3 heterocycles. The first kappa shape index (κ1) is 18.5. The van der Waals surface area contributed by atoms with Gasteiger partial charge in [-0.3, -0.25) is 4.79 Å². The van der Waals surface area contributed by atoms with Gasteiger partial charge in [0, 0.05) is 25.0 Å². The van der Waals surface area contributed by atoms with Gasteiger partial charge in [0.2, 0.25) is 5.91 Å². The van der Waals surface area contributed by atoms with Crippen LogP contribution in [0, 0.1) is 11.8 Å². The Kier molecular flexibility index (Phi) is 5.30. The summed E-state index contributed by atoms with van der Waals surface area (Å²) in [6.45, 7) is 3.17. The van der Waals surface area contributed by atoms with Crippen molar-refractivity contribution >= 4 is 23.3 Å². The van der Waals surface area contributed by atoms with Crippen LogP contribution in [0.1, 0.15) is 12.8 Å². The summed E-state index contributed by atoms with van der Waals surface area (Å²) in [5, 5.41) is 8.36. The molecule has 146 valence electrons.